The molecule has 2 N–H and O–H groups in total. The minimum atomic E-state index is -0.275. The zero-order valence-corrected chi connectivity index (χ0v) is 10.4. The average molecular weight is 256 g/mol. The topological polar surface area (TPSA) is 53.6 Å². The monoisotopic (exact) mass is 256 g/mol. The van der Waals surface area contributed by atoms with Gasteiger partial charge in [0, 0.05) is 6.20 Å². The quantitative estimate of drug-likeness (QED) is 0.757. The van der Waals surface area contributed by atoms with Gasteiger partial charge in [-0.2, -0.15) is 0 Å². The average Bonchev–Trinajstić information content (AvgIpc) is 2.79. The molecule has 0 radical (unpaired) electrons. The number of nitrogens with zero attached hydrogens (tertiary/aromatic N) is 2. The highest BCUT2D eigenvalue weighted by Crippen LogP contribution is 2.16. The van der Waals surface area contributed by atoms with Gasteiger partial charge in [0.15, 0.2) is 0 Å². The summed E-state index contributed by atoms with van der Waals surface area (Å²) in [4.78, 5) is 11.7. The molecule has 0 aliphatic rings. The molecule has 0 bridgehead atoms. The maximum Gasteiger partial charge on any atom is 0.201 e. The molecule has 0 spiro atoms. The van der Waals surface area contributed by atoms with Gasteiger partial charge in [-0.1, -0.05) is 6.07 Å². The van der Waals surface area contributed by atoms with Crippen LogP contribution >= 0.6 is 0 Å². The third-order valence-electron chi connectivity index (χ3n) is 2.99. The van der Waals surface area contributed by atoms with E-state index in [0.717, 1.165) is 16.8 Å². The number of benzene rings is 1. The van der Waals surface area contributed by atoms with E-state index in [1.54, 1.807) is 12.3 Å². The number of hydrogen-bond donors (Lipinski definition) is 2. The molecule has 3 rings (SSSR count). The lowest BCUT2D eigenvalue weighted by atomic mass is 10.2. The highest BCUT2D eigenvalue weighted by molar-refractivity contribution is 5.77. The van der Waals surface area contributed by atoms with Crippen LogP contribution in [0.15, 0.2) is 36.5 Å². The van der Waals surface area contributed by atoms with E-state index in [0.29, 0.717) is 18.0 Å². The SMILES string of the molecule is Cc1cccnc1CNc1nc2ccc(F)cc2[nH]1. The van der Waals surface area contributed by atoms with Crippen LogP contribution in [0.1, 0.15) is 11.3 Å². The number of nitrogens with one attached hydrogen (secondary N) is 2. The van der Waals surface area contributed by atoms with Crippen molar-refractivity contribution in [1.29, 1.82) is 0 Å². The van der Waals surface area contributed by atoms with E-state index in [9.17, 15) is 4.39 Å². The van der Waals surface area contributed by atoms with Crippen LogP contribution < -0.4 is 5.32 Å². The van der Waals surface area contributed by atoms with Crippen molar-refractivity contribution >= 4 is 17.0 Å². The predicted octanol–water partition coefficient (Wildman–Crippen LogP) is 3.02. The highest BCUT2D eigenvalue weighted by atomic mass is 19.1. The molecule has 0 unspecified atom stereocenters. The van der Waals surface area contributed by atoms with Gasteiger partial charge >= 0.3 is 0 Å². The van der Waals surface area contributed by atoms with Crippen molar-refractivity contribution in [3.8, 4) is 0 Å². The first kappa shape index (κ1) is 11.6. The molecular formula is C14H13FN4. The number of hydrogen-bond acceptors (Lipinski definition) is 3. The summed E-state index contributed by atoms with van der Waals surface area (Å²) in [5.41, 5.74) is 3.51. The largest absolute Gasteiger partial charge is 0.350 e. The highest BCUT2D eigenvalue weighted by Gasteiger charge is 2.04. The Morgan fingerprint density at radius 1 is 1.32 bits per heavy atom. The van der Waals surface area contributed by atoms with Gasteiger partial charge in [0.05, 0.1) is 23.3 Å². The number of fused-ring (bicyclic) bond motifs is 1. The first-order chi connectivity index (χ1) is 9.22. The molecule has 0 aliphatic carbocycles. The molecule has 1 aromatic carbocycles. The summed E-state index contributed by atoms with van der Waals surface area (Å²) in [5.74, 6) is 0.342. The Hall–Kier alpha value is -2.43. The lowest BCUT2D eigenvalue weighted by Gasteiger charge is -2.04. The third kappa shape index (κ3) is 2.40. The van der Waals surface area contributed by atoms with Crippen molar-refractivity contribution in [2.45, 2.75) is 13.5 Å². The summed E-state index contributed by atoms with van der Waals surface area (Å²) >= 11 is 0. The summed E-state index contributed by atoms with van der Waals surface area (Å²) in [5, 5.41) is 3.16. The van der Waals surface area contributed by atoms with Gasteiger partial charge in [0.1, 0.15) is 5.82 Å². The van der Waals surface area contributed by atoms with Crippen LogP contribution in [-0.2, 0) is 6.54 Å². The van der Waals surface area contributed by atoms with Gasteiger partial charge in [0.25, 0.3) is 0 Å². The number of imidazole rings is 1. The van der Waals surface area contributed by atoms with E-state index in [1.165, 1.54) is 12.1 Å². The second-order valence-electron chi connectivity index (χ2n) is 4.37. The van der Waals surface area contributed by atoms with Crippen LogP contribution in [0.2, 0.25) is 0 Å². The number of aromatic nitrogens is 3. The van der Waals surface area contributed by atoms with Crippen LogP contribution in [0, 0.1) is 12.7 Å². The van der Waals surface area contributed by atoms with Gasteiger partial charge in [0.2, 0.25) is 5.95 Å². The number of halogens is 1. The van der Waals surface area contributed by atoms with Crippen molar-refractivity contribution in [3.05, 3.63) is 53.6 Å². The molecule has 0 aliphatic heterocycles. The molecule has 0 fully saturated rings. The fourth-order valence-corrected chi connectivity index (χ4v) is 1.94. The van der Waals surface area contributed by atoms with Crippen LogP contribution in [0.25, 0.3) is 11.0 Å². The molecular weight excluding hydrogens is 243 g/mol. The Bertz CT molecular complexity index is 720. The van der Waals surface area contributed by atoms with Crippen molar-refractivity contribution in [2.75, 3.05) is 5.32 Å². The molecule has 2 aromatic heterocycles. The van der Waals surface area contributed by atoms with Gasteiger partial charge in [-0.05, 0) is 36.8 Å². The number of aryl methyl sites for hydroxylation is 1. The summed E-state index contributed by atoms with van der Waals surface area (Å²) in [6, 6.07) is 8.40. The van der Waals surface area contributed by atoms with Crippen LogP contribution in [-0.4, -0.2) is 15.0 Å². The summed E-state index contributed by atoms with van der Waals surface area (Å²) < 4.78 is 13.1. The number of H-pyrrole nitrogens is 1. The maximum absolute atomic E-state index is 13.1. The van der Waals surface area contributed by atoms with Crippen LogP contribution in [0.5, 0.6) is 0 Å². The fraction of sp³-hybridized carbons (Fsp3) is 0.143. The van der Waals surface area contributed by atoms with Crippen molar-refractivity contribution < 1.29 is 4.39 Å². The fourth-order valence-electron chi connectivity index (χ4n) is 1.94. The van der Waals surface area contributed by atoms with E-state index in [-0.39, 0.29) is 5.82 Å². The Morgan fingerprint density at radius 3 is 3.05 bits per heavy atom. The standard InChI is InChI=1S/C14H13FN4/c1-9-3-2-6-16-13(9)8-17-14-18-11-5-4-10(15)7-12(11)19-14/h2-7H,8H2,1H3,(H2,17,18,19). The van der Waals surface area contributed by atoms with Gasteiger partial charge in [-0.15, -0.1) is 0 Å². The number of anilines is 1. The first-order valence-corrected chi connectivity index (χ1v) is 6.02. The molecule has 96 valence electrons. The van der Waals surface area contributed by atoms with Crippen LogP contribution in [0.3, 0.4) is 0 Å². The molecule has 0 atom stereocenters. The zero-order valence-electron chi connectivity index (χ0n) is 10.4. The molecule has 0 saturated carbocycles. The second-order valence-corrected chi connectivity index (χ2v) is 4.37. The minimum Gasteiger partial charge on any atom is -0.350 e. The molecule has 0 saturated heterocycles. The number of rotatable bonds is 3. The molecule has 2 heterocycles. The zero-order chi connectivity index (χ0) is 13.2. The number of aromatic amines is 1. The minimum absolute atomic E-state index is 0.275. The van der Waals surface area contributed by atoms with Gasteiger partial charge < -0.3 is 10.3 Å². The Morgan fingerprint density at radius 2 is 2.21 bits per heavy atom. The summed E-state index contributed by atoms with van der Waals surface area (Å²) in [7, 11) is 0. The Kier molecular flexibility index (Phi) is 2.87. The van der Waals surface area contributed by atoms with Gasteiger partial charge in [-0.3, -0.25) is 4.98 Å². The summed E-state index contributed by atoms with van der Waals surface area (Å²) in [6.07, 6.45) is 1.76. The normalized spacial score (nSPS) is 10.8. The molecule has 19 heavy (non-hydrogen) atoms. The number of pyridine rings is 1. The van der Waals surface area contributed by atoms with Crippen molar-refractivity contribution in [3.63, 3.8) is 0 Å². The predicted molar refractivity (Wildman–Crippen MR) is 72.4 cm³/mol. The van der Waals surface area contributed by atoms with E-state index in [4.69, 9.17) is 0 Å². The lowest BCUT2D eigenvalue weighted by Crippen LogP contribution is -2.04. The Labute approximate surface area is 109 Å². The molecule has 5 heteroatoms. The van der Waals surface area contributed by atoms with Crippen molar-refractivity contribution in [1.82, 2.24) is 15.0 Å². The Balaban J connectivity index is 1.80. The molecule has 3 aromatic rings. The lowest BCUT2D eigenvalue weighted by molar-refractivity contribution is 0.629. The first-order valence-electron chi connectivity index (χ1n) is 6.02. The van der Waals surface area contributed by atoms with Crippen molar-refractivity contribution in [2.24, 2.45) is 0 Å². The second kappa shape index (κ2) is 4.68. The van der Waals surface area contributed by atoms with E-state index >= 15 is 0 Å². The van der Waals surface area contributed by atoms with Crippen LogP contribution in [0.4, 0.5) is 10.3 Å². The molecule has 4 nitrogen and oxygen atoms in total. The summed E-state index contributed by atoms with van der Waals surface area (Å²) in [6.45, 7) is 2.59. The van der Waals surface area contributed by atoms with Gasteiger partial charge in [-0.25, -0.2) is 9.37 Å². The molecule has 0 amide bonds. The third-order valence-corrected chi connectivity index (χ3v) is 2.99. The maximum atomic E-state index is 13.1. The smallest absolute Gasteiger partial charge is 0.201 e. The van der Waals surface area contributed by atoms with E-state index < -0.39 is 0 Å². The van der Waals surface area contributed by atoms with E-state index in [2.05, 4.69) is 20.3 Å². The van der Waals surface area contributed by atoms with E-state index in [1.807, 2.05) is 19.1 Å².